The summed E-state index contributed by atoms with van der Waals surface area (Å²) in [7, 11) is -3.03. The Morgan fingerprint density at radius 3 is 2.30 bits per heavy atom. The Labute approximate surface area is 117 Å². The van der Waals surface area contributed by atoms with Gasteiger partial charge in [-0.15, -0.1) is 0 Å². The molecule has 0 aliphatic rings. The third kappa shape index (κ3) is 3.61. The first-order valence-corrected chi connectivity index (χ1v) is 6.22. The van der Waals surface area contributed by atoms with Crippen LogP contribution in [0.2, 0.25) is 0 Å². The predicted molar refractivity (Wildman–Crippen MR) is 79.9 cm³/mol. The molecule has 0 saturated heterocycles. The molecule has 0 fully saturated rings. The molecule has 0 radical (unpaired) electrons. The SMILES string of the molecule is OB(O)c1cccc(NCc2ccccc2B(O)O)c1. The van der Waals surface area contributed by atoms with Crippen molar-refractivity contribution < 1.29 is 20.1 Å². The van der Waals surface area contributed by atoms with E-state index in [0.717, 1.165) is 11.3 Å². The van der Waals surface area contributed by atoms with Crippen LogP contribution in [0.15, 0.2) is 48.5 Å². The lowest BCUT2D eigenvalue weighted by Gasteiger charge is -2.11. The van der Waals surface area contributed by atoms with Crippen molar-refractivity contribution in [3.8, 4) is 0 Å². The number of hydrogen-bond donors (Lipinski definition) is 5. The van der Waals surface area contributed by atoms with Crippen LogP contribution in [-0.4, -0.2) is 34.3 Å². The van der Waals surface area contributed by atoms with Crippen LogP contribution in [0.3, 0.4) is 0 Å². The van der Waals surface area contributed by atoms with Crippen molar-refractivity contribution in [1.29, 1.82) is 0 Å². The highest BCUT2D eigenvalue weighted by atomic mass is 16.4. The van der Waals surface area contributed by atoms with Crippen LogP contribution in [0.4, 0.5) is 5.69 Å². The van der Waals surface area contributed by atoms with Crippen LogP contribution in [0.25, 0.3) is 0 Å². The summed E-state index contributed by atoms with van der Waals surface area (Å²) in [5.74, 6) is 0. The van der Waals surface area contributed by atoms with Gasteiger partial charge in [-0.25, -0.2) is 0 Å². The summed E-state index contributed by atoms with van der Waals surface area (Å²) in [4.78, 5) is 0. The molecule has 0 spiro atoms. The second-order valence-corrected chi connectivity index (χ2v) is 4.43. The Kier molecular flexibility index (Phi) is 4.81. The minimum Gasteiger partial charge on any atom is -0.423 e. The van der Waals surface area contributed by atoms with E-state index in [2.05, 4.69) is 5.32 Å². The molecular weight excluding hydrogens is 256 g/mol. The van der Waals surface area contributed by atoms with Crippen LogP contribution >= 0.6 is 0 Å². The Morgan fingerprint density at radius 2 is 1.60 bits per heavy atom. The van der Waals surface area contributed by atoms with E-state index in [1.807, 2.05) is 6.07 Å². The summed E-state index contributed by atoms with van der Waals surface area (Å²) in [6.45, 7) is 0.402. The predicted octanol–water partition coefficient (Wildman–Crippen LogP) is -1.34. The van der Waals surface area contributed by atoms with Crippen molar-refractivity contribution in [3.63, 3.8) is 0 Å². The Morgan fingerprint density at radius 1 is 0.850 bits per heavy atom. The molecule has 0 aliphatic carbocycles. The molecule has 2 rings (SSSR count). The van der Waals surface area contributed by atoms with Gasteiger partial charge in [-0.1, -0.05) is 36.4 Å². The molecule has 0 bridgehead atoms. The van der Waals surface area contributed by atoms with Gasteiger partial charge in [0, 0.05) is 12.2 Å². The molecule has 0 heterocycles. The third-order valence-corrected chi connectivity index (χ3v) is 3.00. The molecule has 20 heavy (non-hydrogen) atoms. The van der Waals surface area contributed by atoms with Crippen molar-refractivity contribution >= 4 is 30.8 Å². The fourth-order valence-electron chi connectivity index (χ4n) is 1.95. The van der Waals surface area contributed by atoms with Gasteiger partial charge in [-0.3, -0.25) is 0 Å². The monoisotopic (exact) mass is 271 g/mol. The van der Waals surface area contributed by atoms with Crippen LogP contribution < -0.4 is 16.2 Å². The minimum atomic E-state index is -1.52. The van der Waals surface area contributed by atoms with E-state index in [0.29, 0.717) is 17.5 Å². The highest BCUT2D eigenvalue weighted by Gasteiger charge is 2.15. The summed E-state index contributed by atoms with van der Waals surface area (Å²) in [6.07, 6.45) is 0. The number of benzene rings is 2. The van der Waals surface area contributed by atoms with E-state index >= 15 is 0 Å². The number of anilines is 1. The molecule has 102 valence electrons. The van der Waals surface area contributed by atoms with Crippen molar-refractivity contribution in [1.82, 2.24) is 0 Å². The lowest BCUT2D eigenvalue weighted by atomic mass is 9.77. The molecule has 5 nitrogen and oxygen atoms in total. The van der Waals surface area contributed by atoms with Gasteiger partial charge >= 0.3 is 14.2 Å². The average molecular weight is 271 g/mol. The zero-order valence-corrected chi connectivity index (χ0v) is 10.8. The summed E-state index contributed by atoms with van der Waals surface area (Å²) in [5.41, 5.74) is 2.32. The van der Waals surface area contributed by atoms with Crippen molar-refractivity contribution in [3.05, 3.63) is 54.1 Å². The largest absolute Gasteiger partial charge is 0.488 e. The van der Waals surface area contributed by atoms with Crippen LogP contribution in [0.5, 0.6) is 0 Å². The maximum atomic E-state index is 9.28. The number of hydrogen-bond acceptors (Lipinski definition) is 5. The van der Waals surface area contributed by atoms with Gasteiger partial charge in [0.15, 0.2) is 0 Å². The van der Waals surface area contributed by atoms with Gasteiger partial charge in [-0.05, 0) is 28.6 Å². The second kappa shape index (κ2) is 6.58. The van der Waals surface area contributed by atoms with Crippen LogP contribution in [-0.2, 0) is 6.54 Å². The quantitative estimate of drug-likeness (QED) is 0.434. The Bertz CT molecular complexity index is 578. The molecule has 0 aromatic heterocycles. The lowest BCUT2D eigenvalue weighted by molar-refractivity contribution is 0.424. The molecule has 0 aliphatic heterocycles. The van der Waals surface area contributed by atoms with Crippen molar-refractivity contribution in [2.75, 3.05) is 5.32 Å². The lowest BCUT2D eigenvalue weighted by Crippen LogP contribution is -2.33. The van der Waals surface area contributed by atoms with Crippen molar-refractivity contribution in [2.45, 2.75) is 6.54 Å². The average Bonchev–Trinajstić information content (AvgIpc) is 2.45. The normalized spacial score (nSPS) is 10.2. The molecular formula is C13H15B2NO4. The molecule has 2 aromatic carbocycles. The zero-order valence-electron chi connectivity index (χ0n) is 10.8. The van der Waals surface area contributed by atoms with E-state index in [1.165, 1.54) is 0 Å². The fourth-order valence-corrected chi connectivity index (χ4v) is 1.95. The van der Waals surface area contributed by atoms with Crippen LogP contribution in [0.1, 0.15) is 5.56 Å². The summed E-state index contributed by atoms with van der Waals surface area (Å²) < 4.78 is 0. The molecule has 7 heteroatoms. The Hall–Kier alpha value is -1.79. The Balaban J connectivity index is 2.11. The first-order valence-electron chi connectivity index (χ1n) is 6.22. The van der Waals surface area contributed by atoms with E-state index in [-0.39, 0.29) is 0 Å². The van der Waals surface area contributed by atoms with Gasteiger partial charge in [0.25, 0.3) is 0 Å². The van der Waals surface area contributed by atoms with Gasteiger partial charge in [-0.2, -0.15) is 0 Å². The van der Waals surface area contributed by atoms with Gasteiger partial charge in [0.05, 0.1) is 0 Å². The third-order valence-electron chi connectivity index (χ3n) is 3.00. The van der Waals surface area contributed by atoms with Gasteiger partial charge < -0.3 is 25.4 Å². The van der Waals surface area contributed by atoms with E-state index in [4.69, 9.17) is 10.0 Å². The van der Waals surface area contributed by atoms with Crippen molar-refractivity contribution in [2.24, 2.45) is 0 Å². The molecule has 0 saturated carbocycles. The molecule has 0 unspecified atom stereocenters. The van der Waals surface area contributed by atoms with E-state index in [1.54, 1.807) is 42.5 Å². The maximum absolute atomic E-state index is 9.28. The zero-order chi connectivity index (χ0) is 14.5. The highest BCUT2D eigenvalue weighted by Crippen LogP contribution is 2.07. The van der Waals surface area contributed by atoms with Crippen LogP contribution in [0, 0.1) is 0 Å². The van der Waals surface area contributed by atoms with E-state index < -0.39 is 14.2 Å². The first-order chi connectivity index (χ1) is 9.58. The van der Waals surface area contributed by atoms with Gasteiger partial charge in [0.1, 0.15) is 0 Å². The van der Waals surface area contributed by atoms with Gasteiger partial charge in [0.2, 0.25) is 0 Å². The summed E-state index contributed by atoms with van der Waals surface area (Å²) in [5, 5.41) is 39.9. The molecule has 5 N–H and O–H groups in total. The summed E-state index contributed by atoms with van der Waals surface area (Å²) in [6, 6.07) is 13.7. The second-order valence-electron chi connectivity index (χ2n) is 4.43. The standard InChI is InChI=1S/C13H15B2NO4/c17-14(18)11-5-3-6-12(8-11)16-9-10-4-1-2-7-13(10)15(19)20/h1-8,16-20H,9H2. The fraction of sp³-hybridized carbons (Fsp3) is 0.0769. The molecule has 0 atom stereocenters. The minimum absolute atomic E-state index is 0.394. The number of nitrogens with one attached hydrogen (secondary N) is 1. The smallest absolute Gasteiger partial charge is 0.423 e. The topological polar surface area (TPSA) is 93.0 Å². The molecule has 0 amide bonds. The first kappa shape index (κ1) is 14.6. The number of rotatable bonds is 5. The maximum Gasteiger partial charge on any atom is 0.488 e. The molecule has 2 aromatic rings. The van der Waals surface area contributed by atoms with E-state index in [9.17, 15) is 10.0 Å². The summed E-state index contributed by atoms with van der Waals surface area (Å²) >= 11 is 0. The highest BCUT2D eigenvalue weighted by molar-refractivity contribution is 6.59.